The molecule has 0 aliphatic heterocycles. The van der Waals surface area contributed by atoms with Gasteiger partial charge < -0.3 is 0 Å². The molecule has 0 bridgehead atoms. The molecule has 1 aromatic carbocycles. The van der Waals surface area contributed by atoms with Crippen LogP contribution in [0.5, 0.6) is 0 Å². The van der Waals surface area contributed by atoms with E-state index in [0.29, 0.717) is 0 Å². The van der Waals surface area contributed by atoms with Crippen LogP contribution >= 0.6 is 11.6 Å². The van der Waals surface area contributed by atoms with Gasteiger partial charge in [0.1, 0.15) is 0 Å². The molecular weight excluding hydrogens is 208 g/mol. The summed E-state index contributed by atoms with van der Waals surface area (Å²) in [6, 6.07) is 6.37. The average Bonchev–Trinajstić information content (AvgIpc) is 2.96. The highest BCUT2D eigenvalue weighted by molar-refractivity contribution is 6.30. The fraction of sp³-hybridized carbons (Fsp3) is 0.500. The molecule has 3 heteroatoms. The standard InChI is InChI=1S/C12H17ClN2/c1-8-4-10(7-11(13)5-8)12(15-14)6-9-2-3-9/h4-5,7,9,12,15H,2-3,6,14H2,1H3. The third-order valence-corrected chi connectivity index (χ3v) is 3.15. The molecule has 0 saturated heterocycles. The zero-order valence-corrected chi connectivity index (χ0v) is 9.72. The van der Waals surface area contributed by atoms with Crippen LogP contribution in [0.4, 0.5) is 0 Å². The van der Waals surface area contributed by atoms with Crippen LogP contribution in [0.3, 0.4) is 0 Å². The molecule has 82 valence electrons. The van der Waals surface area contributed by atoms with E-state index in [2.05, 4.69) is 18.4 Å². The predicted octanol–water partition coefficient (Wildman–Crippen LogP) is 2.95. The van der Waals surface area contributed by atoms with Gasteiger partial charge in [-0.3, -0.25) is 11.3 Å². The molecule has 1 aliphatic carbocycles. The number of benzene rings is 1. The highest BCUT2D eigenvalue weighted by Crippen LogP contribution is 2.37. The molecule has 0 heterocycles. The number of rotatable bonds is 4. The minimum atomic E-state index is 0.245. The van der Waals surface area contributed by atoms with Crippen LogP contribution in [0.1, 0.15) is 36.4 Å². The van der Waals surface area contributed by atoms with Gasteiger partial charge in [0.25, 0.3) is 0 Å². The van der Waals surface area contributed by atoms with Crippen LogP contribution < -0.4 is 11.3 Å². The van der Waals surface area contributed by atoms with Crippen LogP contribution in [0.25, 0.3) is 0 Å². The second-order valence-electron chi connectivity index (χ2n) is 4.46. The van der Waals surface area contributed by atoms with Crippen molar-refractivity contribution >= 4 is 11.6 Å². The van der Waals surface area contributed by atoms with Gasteiger partial charge >= 0.3 is 0 Å². The fourth-order valence-electron chi connectivity index (χ4n) is 1.95. The second kappa shape index (κ2) is 4.52. The zero-order chi connectivity index (χ0) is 10.8. The van der Waals surface area contributed by atoms with Crippen LogP contribution in [0, 0.1) is 12.8 Å². The smallest absolute Gasteiger partial charge is 0.0463 e. The number of nitrogens with two attached hydrogens (primary N) is 1. The van der Waals surface area contributed by atoms with Crippen molar-refractivity contribution in [1.82, 2.24) is 5.43 Å². The summed E-state index contributed by atoms with van der Waals surface area (Å²) in [6.07, 6.45) is 3.81. The van der Waals surface area contributed by atoms with Gasteiger partial charge in [-0.05, 0) is 42.5 Å². The number of aryl methyl sites for hydroxylation is 1. The summed E-state index contributed by atoms with van der Waals surface area (Å²) in [7, 11) is 0. The van der Waals surface area contributed by atoms with E-state index in [4.69, 9.17) is 17.4 Å². The average molecular weight is 225 g/mol. The lowest BCUT2D eigenvalue weighted by Gasteiger charge is -2.16. The minimum absolute atomic E-state index is 0.245. The minimum Gasteiger partial charge on any atom is -0.271 e. The number of hydrogen-bond donors (Lipinski definition) is 2. The first-order chi connectivity index (χ1) is 7.19. The van der Waals surface area contributed by atoms with Gasteiger partial charge in [-0.25, -0.2) is 0 Å². The summed E-state index contributed by atoms with van der Waals surface area (Å²) in [5.41, 5.74) is 5.28. The Hall–Kier alpha value is -0.570. The van der Waals surface area contributed by atoms with Gasteiger partial charge in [0.15, 0.2) is 0 Å². The van der Waals surface area contributed by atoms with Crippen molar-refractivity contribution < 1.29 is 0 Å². The first-order valence-electron chi connectivity index (χ1n) is 5.42. The van der Waals surface area contributed by atoms with Crippen molar-refractivity contribution in [2.45, 2.75) is 32.2 Å². The van der Waals surface area contributed by atoms with Crippen molar-refractivity contribution in [1.29, 1.82) is 0 Å². The first kappa shape index (κ1) is 10.9. The molecule has 1 aliphatic rings. The third kappa shape index (κ3) is 2.94. The monoisotopic (exact) mass is 224 g/mol. The van der Waals surface area contributed by atoms with E-state index >= 15 is 0 Å². The van der Waals surface area contributed by atoms with E-state index in [0.717, 1.165) is 17.4 Å². The molecule has 15 heavy (non-hydrogen) atoms. The van der Waals surface area contributed by atoms with Crippen molar-refractivity contribution in [3.63, 3.8) is 0 Å². The Balaban J connectivity index is 2.16. The molecule has 3 N–H and O–H groups in total. The number of nitrogens with one attached hydrogen (secondary N) is 1. The highest BCUT2D eigenvalue weighted by atomic mass is 35.5. The van der Waals surface area contributed by atoms with E-state index < -0.39 is 0 Å². The molecule has 0 aromatic heterocycles. The van der Waals surface area contributed by atoms with E-state index in [1.54, 1.807) is 0 Å². The predicted molar refractivity (Wildman–Crippen MR) is 63.6 cm³/mol. The highest BCUT2D eigenvalue weighted by Gasteiger charge is 2.25. The van der Waals surface area contributed by atoms with Crippen molar-refractivity contribution in [2.24, 2.45) is 11.8 Å². The Morgan fingerprint density at radius 2 is 2.20 bits per heavy atom. The maximum absolute atomic E-state index is 6.03. The summed E-state index contributed by atoms with van der Waals surface area (Å²) in [4.78, 5) is 0. The molecule has 0 spiro atoms. The Kier molecular flexibility index (Phi) is 3.29. The molecule has 1 aromatic rings. The lowest BCUT2D eigenvalue weighted by atomic mass is 10.00. The van der Waals surface area contributed by atoms with Crippen molar-refractivity contribution in [3.05, 3.63) is 34.3 Å². The number of halogens is 1. The lowest BCUT2D eigenvalue weighted by Crippen LogP contribution is -2.28. The molecule has 2 rings (SSSR count). The van der Waals surface area contributed by atoms with Gasteiger partial charge in [-0.15, -0.1) is 0 Å². The summed E-state index contributed by atoms with van der Waals surface area (Å²) in [5, 5.41) is 0.793. The SMILES string of the molecule is Cc1cc(Cl)cc(C(CC2CC2)NN)c1. The maximum atomic E-state index is 6.03. The Labute approximate surface area is 95.8 Å². The zero-order valence-electron chi connectivity index (χ0n) is 8.96. The summed E-state index contributed by atoms with van der Waals surface area (Å²) >= 11 is 6.03. The van der Waals surface area contributed by atoms with Crippen molar-refractivity contribution in [2.75, 3.05) is 0 Å². The van der Waals surface area contributed by atoms with E-state index in [1.165, 1.54) is 24.0 Å². The largest absolute Gasteiger partial charge is 0.271 e. The van der Waals surface area contributed by atoms with E-state index in [9.17, 15) is 0 Å². The molecule has 1 fully saturated rings. The summed E-state index contributed by atoms with van der Waals surface area (Å²) in [6.45, 7) is 2.06. The molecule has 2 nitrogen and oxygen atoms in total. The maximum Gasteiger partial charge on any atom is 0.0463 e. The normalized spacial score (nSPS) is 17.8. The summed E-state index contributed by atoms with van der Waals surface area (Å²) in [5.74, 6) is 6.44. The van der Waals surface area contributed by atoms with Gasteiger partial charge in [-0.2, -0.15) is 0 Å². The van der Waals surface area contributed by atoms with Crippen LogP contribution in [0.2, 0.25) is 5.02 Å². The molecule has 1 saturated carbocycles. The summed E-state index contributed by atoms with van der Waals surface area (Å²) < 4.78 is 0. The van der Waals surface area contributed by atoms with Crippen molar-refractivity contribution in [3.8, 4) is 0 Å². The van der Waals surface area contributed by atoms with Gasteiger partial charge in [0.2, 0.25) is 0 Å². The first-order valence-corrected chi connectivity index (χ1v) is 5.80. The van der Waals surface area contributed by atoms with Gasteiger partial charge in [0.05, 0.1) is 0 Å². The van der Waals surface area contributed by atoms with Crippen LogP contribution in [-0.4, -0.2) is 0 Å². The topological polar surface area (TPSA) is 38.0 Å². The fourth-order valence-corrected chi connectivity index (χ4v) is 2.25. The van der Waals surface area contributed by atoms with E-state index in [1.807, 2.05) is 12.1 Å². The quantitative estimate of drug-likeness (QED) is 0.610. The number of hydrazine groups is 1. The van der Waals surface area contributed by atoms with Gasteiger partial charge in [-0.1, -0.05) is 30.5 Å². The molecular formula is C12H17ClN2. The molecule has 1 unspecified atom stereocenters. The Morgan fingerprint density at radius 3 is 2.73 bits per heavy atom. The van der Waals surface area contributed by atoms with Crippen LogP contribution in [0.15, 0.2) is 18.2 Å². The van der Waals surface area contributed by atoms with E-state index in [-0.39, 0.29) is 6.04 Å². The molecule has 0 radical (unpaired) electrons. The van der Waals surface area contributed by atoms with Crippen LogP contribution in [-0.2, 0) is 0 Å². The Morgan fingerprint density at radius 1 is 1.47 bits per heavy atom. The lowest BCUT2D eigenvalue weighted by molar-refractivity contribution is 0.487. The van der Waals surface area contributed by atoms with Gasteiger partial charge in [0, 0.05) is 11.1 Å². The molecule has 0 amide bonds. The molecule has 1 atom stereocenters. The number of hydrogen-bond acceptors (Lipinski definition) is 2. The third-order valence-electron chi connectivity index (χ3n) is 2.93. The Bertz CT molecular complexity index is 327. The second-order valence-corrected chi connectivity index (χ2v) is 4.90.